The Labute approximate surface area is 199 Å². The summed E-state index contributed by atoms with van der Waals surface area (Å²) < 4.78 is 5.00. The lowest BCUT2D eigenvalue weighted by atomic mass is 9.82. The lowest BCUT2D eigenvalue weighted by Gasteiger charge is -2.43. The molecule has 2 amide bonds. The molecule has 0 aromatic heterocycles. The zero-order chi connectivity index (χ0) is 24.5. The smallest absolute Gasteiger partial charge is 0.319 e. The highest BCUT2D eigenvalue weighted by atomic mass is 16.5. The molecular formula is C24H35N5O5. The van der Waals surface area contributed by atoms with Crippen molar-refractivity contribution in [3.8, 4) is 0 Å². The fraction of sp³-hybridized carbons (Fsp3) is 0.583. The molecule has 1 aromatic carbocycles. The van der Waals surface area contributed by atoms with Crippen LogP contribution in [0.1, 0.15) is 56.6 Å². The number of carbonyl (C=O) groups is 3. The standard InChI is InChI=1S/C24H35N5O5/c1-2-34-20(30)15-26-21(17-6-4-3-5-7-17)24(32)29-13-12-19(29)23(31)27-14-16-8-10-18(11-9-16)22(25)28-33/h8-11,17,19,21,26,33H,2-7,12-15H2,1H3,(H2,25,28)(H,27,31)/t19?,21-/m1/s1. The Bertz CT molecular complexity index is 882. The number of nitrogens with one attached hydrogen (secondary N) is 2. The van der Waals surface area contributed by atoms with Crippen LogP contribution in [0.25, 0.3) is 0 Å². The number of ether oxygens (including phenoxy) is 1. The number of hydrogen-bond acceptors (Lipinski definition) is 7. The maximum atomic E-state index is 13.4. The fourth-order valence-corrected chi connectivity index (χ4v) is 4.59. The Hall–Kier alpha value is -3.14. The Morgan fingerprint density at radius 1 is 1.18 bits per heavy atom. The van der Waals surface area contributed by atoms with Gasteiger partial charge in [0.05, 0.1) is 19.2 Å². The van der Waals surface area contributed by atoms with Crippen LogP contribution in [0.3, 0.4) is 0 Å². The quantitative estimate of drug-likeness (QED) is 0.131. The van der Waals surface area contributed by atoms with Gasteiger partial charge in [-0.2, -0.15) is 0 Å². The first-order valence-corrected chi connectivity index (χ1v) is 12.0. The third kappa shape index (κ3) is 6.47. The highest BCUT2D eigenvalue weighted by molar-refractivity contribution is 5.97. The van der Waals surface area contributed by atoms with Gasteiger partial charge in [-0.05, 0) is 37.7 Å². The zero-order valence-electron chi connectivity index (χ0n) is 19.7. The van der Waals surface area contributed by atoms with E-state index < -0.39 is 12.1 Å². The summed E-state index contributed by atoms with van der Waals surface area (Å²) >= 11 is 0. The number of likely N-dealkylation sites (tertiary alicyclic amines) is 1. The van der Waals surface area contributed by atoms with Crippen molar-refractivity contribution in [3.63, 3.8) is 0 Å². The van der Waals surface area contributed by atoms with Gasteiger partial charge >= 0.3 is 5.97 Å². The monoisotopic (exact) mass is 473 g/mol. The summed E-state index contributed by atoms with van der Waals surface area (Å²) in [5.74, 6) is -0.539. The Morgan fingerprint density at radius 3 is 2.47 bits per heavy atom. The number of hydrogen-bond donors (Lipinski definition) is 4. The molecular weight excluding hydrogens is 438 g/mol. The van der Waals surface area contributed by atoms with Gasteiger partial charge in [0, 0.05) is 18.7 Å². The number of oxime groups is 1. The first kappa shape index (κ1) is 25.5. The minimum absolute atomic E-state index is 0.0169. The molecule has 186 valence electrons. The third-order valence-corrected chi connectivity index (χ3v) is 6.59. The Morgan fingerprint density at radius 2 is 1.88 bits per heavy atom. The van der Waals surface area contributed by atoms with Crippen molar-refractivity contribution >= 4 is 23.6 Å². The van der Waals surface area contributed by atoms with Crippen molar-refractivity contribution in [2.75, 3.05) is 19.7 Å². The predicted molar refractivity (Wildman–Crippen MR) is 126 cm³/mol. The normalized spacial score (nSPS) is 19.7. The van der Waals surface area contributed by atoms with Gasteiger partial charge in [0.25, 0.3) is 0 Å². The number of nitrogens with two attached hydrogens (primary N) is 1. The summed E-state index contributed by atoms with van der Waals surface area (Å²) in [4.78, 5) is 39.7. The van der Waals surface area contributed by atoms with Gasteiger partial charge < -0.3 is 25.9 Å². The number of benzene rings is 1. The van der Waals surface area contributed by atoms with Crippen LogP contribution in [0.4, 0.5) is 0 Å². The zero-order valence-corrected chi connectivity index (χ0v) is 19.7. The summed E-state index contributed by atoms with van der Waals surface area (Å²) in [6, 6.07) is 5.98. The van der Waals surface area contributed by atoms with Crippen LogP contribution < -0.4 is 16.4 Å². The third-order valence-electron chi connectivity index (χ3n) is 6.59. The van der Waals surface area contributed by atoms with Gasteiger partial charge in [-0.15, -0.1) is 0 Å². The van der Waals surface area contributed by atoms with E-state index in [-0.39, 0.29) is 36.1 Å². The highest BCUT2D eigenvalue weighted by Gasteiger charge is 2.42. The van der Waals surface area contributed by atoms with E-state index in [1.165, 1.54) is 0 Å². The van der Waals surface area contributed by atoms with E-state index in [9.17, 15) is 14.4 Å². The molecule has 34 heavy (non-hydrogen) atoms. The van der Waals surface area contributed by atoms with E-state index in [0.29, 0.717) is 31.7 Å². The molecule has 1 aliphatic carbocycles. The molecule has 0 spiro atoms. The van der Waals surface area contributed by atoms with Crippen LogP contribution in [0, 0.1) is 5.92 Å². The minimum Gasteiger partial charge on any atom is -0.465 e. The second-order valence-corrected chi connectivity index (χ2v) is 8.80. The van der Waals surface area contributed by atoms with Crippen LogP contribution in [0.2, 0.25) is 0 Å². The molecule has 2 atom stereocenters. The molecule has 1 aliphatic heterocycles. The van der Waals surface area contributed by atoms with E-state index in [4.69, 9.17) is 15.7 Å². The molecule has 10 nitrogen and oxygen atoms in total. The van der Waals surface area contributed by atoms with Gasteiger partial charge in [0.15, 0.2) is 5.84 Å². The average Bonchev–Trinajstić information content (AvgIpc) is 2.83. The summed E-state index contributed by atoms with van der Waals surface area (Å²) in [5.41, 5.74) is 7.01. The second-order valence-electron chi connectivity index (χ2n) is 8.80. The lowest BCUT2D eigenvalue weighted by Crippen LogP contribution is -2.63. The van der Waals surface area contributed by atoms with Gasteiger partial charge in [0.1, 0.15) is 6.04 Å². The number of carbonyl (C=O) groups excluding carboxylic acids is 3. The summed E-state index contributed by atoms with van der Waals surface area (Å²) in [5, 5.41) is 17.7. The maximum Gasteiger partial charge on any atom is 0.319 e. The van der Waals surface area contributed by atoms with E-state index >= 15 is 0 Å². The van der Waals surface area contributed by atoms with E-state index in [1.807, 2.05) is 0 Å². The van der Waals surface area contributed by atoms with Gasteiger partial charge in [-0.1, -0.05) is 48.7 Å². The average molecular weight is 474 g/mol. The Balaban J connectivity index is 1.58. The van der Waals surface area contributed by atoms with E-state index in [2.05, 4.69) is 15.8 Å². The van der Waals surface area contributed by atoms with E-state index in [0.717, 1.165) is 37.7 Å². The number of esters is 1. The number of amides is 2. The molecule has 1 saturated carbocycles. The van der Waals surface area contributed by atoms with Crippen LogP contribution in [-0.2, 0) is 25.7 Å². The number of nitrogens with zero attached hydrogens (tertiary/aromatic N) is 2. The molecule has 5 N–H and O–H groups in total. The molecule has 1 aromatic rings. The SMILES string of the molecule is CCOC(=O)CN[C@@H](C(=O)N1CCC1C(=O)NCc1ccc(C(N)=NO)cc1)C1CCCCC1. The van der Waals surface area contributed by atoms with Gasteiger partial charge in [-0.3, -0.25) is 19.7 Å². The van der Waals surface area contributed by atoms with Crippen molar-refractivity contribution in [3.05, 3.63) is 35.4 Å². The minimum atomic E-state index is -0.514. The number of rotatable bonds is 10. The summed E-state index contributed by atoms with van der Waals surface area (Å²) in [6.07, 6.45) is 5.75. The van der Waals surface area contributed by atoms with Crippen LogP contribution >= 0.6 is 0 Å². The van der Waals surface area contributed by atoms with Crippen LogP contribution in [-0.4, -0.2) is 65.5 Å². The van der Waals surface area contributed by atoms with Crippen molar-refractivity contribution in [1.82, 2.24) is 15.5 Å². The van der Waals surface area contributed by atoms with Crippen molar-refractivity contribution < 1.29 is 24.3 Å². The molecule has 3 rings (SSSR count). The molecule has 1 saturated heterocycles. The summed E-state index contributed by atoms with van der Waals surface area (Å²) in [7, 11) is 0. The topological polar surface area (TPSA) is 146 Å². The van der Waals surface area contributed by atoms with Crippen molar-refractivity contribution in [2.24, 2.45) is 16.8 Å². The van der Waals surface area contributed by atoms with Crippen LogP contribution in [0.5, 0.6) is 0 Å². The Kier molecular flexibility index (Phi) is 9.26. The van der Waals surface area contributed by atoms with Crippen molar-refractivity contribution in [1.29, 1.82) is 0 Å². The van der Waals surface area contributed by atoms with Gasteiger partial charge in [0.2, 0.25) is 11.8 Å². The van der Waals surface area contributed by atoms with Crippen LogP contribution in [0.15, 0.2) is 29.4 Å². The second kappa shape index (κ2) is 12.4. The molecule has 2 fully saturated rings. The molecule has 0 bridgehead atoms. The molecule has 10 heteroatoms. The molecule has 1 unspecified atom stereocenters. The molecule has 1 heterocycles. The van der Waals surface area contributed by atoms with E-state index in [1.54, 1.807) is 36.1 Å². The first-order valence-electron chi connectivity index (χ1n) is 12.0. The first-order chi connectivity index (χ1) is 16.4. The maximum absolute atomic E-state index is 13.4. The lowest BCUT2D eigenvalue weighted by molar-refractivity contribution is -0.151. The number of amidine groups is 1. The predicted octanol–water partition coefficient (Wildman–Crippen LogP) is 1.10. The van der Waals surface area contributed by atoms with Crippen molar-refractivity contribution in [2.45, 2.75) is 64.1 Å². The van der Waals surface area contributed by atoms with Gasteiger partial charge in [-0.25, -0.2) is 0 Å². The molecule has 0 radical (unpaired) electrons. The fourth-order valence-electron chi connectivity index (χ4n) is 4.59. The highest BCUT2D eigenvalue weighted by Crippen LogP contribution is 2.29. The summed E-state index contributed by atoms with van der Waals surface area (Å²) in [6.45, 7) is 2.85. The largest absolute Gasteiger partial charge is 0.465 e. The molecule has 2 aliphatic rings.